The Morgan fingerprint density at radius 1 is 1.24 bits per heavy atom. The normalized spacial score (nSPS) is 17.0. The van der Waals surface area contributed by atoms with Gasteiger partial charge in [0, 0.05) is 19.5 Å². The lowest BCUT2D eigenvalue weighted by molar-refractivity contribution is -0.121. The average Bonchev–Trinajstić information content (AvgIpc) is 2.37. The van der Waals surface area contributed by atoms with Gasteiger partial charge in [-0.2, -0.15) is 0 Å². The summed E-state index contributed by atoms with van der Waals surface area (Å²) in [6, 6.07) is 0. The van der Waals surface area contributed by atoms with Gasteiger partial charge < -0.3 is 15.8 Å². The predicted octanol–water partition coefficient (Wildman–Crippen LogP) is 1.44. The Morgan fingerprint density at radius 2 is 2.00 bits per heavy atom. The number of nitrogens with one attached hydrogen (secondary N) is 1. The van der Waals surface area contributed by atoms with E-state index < -0.39 is 0 Å². The maximum absolute atomic E-state index is 11.5. The second-order valence-corrected chi connectivity index (χ2v) is 4.79. The minimum atomic E-state index is 0.159. The molecule has 17 heavy (non-hydrogen) atoms. The lowest BCUT2D eigenvalue weighted by atomic mass is 9.86. The number of amides is 1. The summed E-state index contributed by atoms with van der Waals surface area (Å²) in [6.45, 7) is 2.27. The van der Waals surface area contributed by atoms with E-state index in [4.69, 9.17) is 10.5 Å². The molecule has 4 heteroatoms. The molecule has 0 unspecified atom stereocenters. The van der Waals surface area contributed by atoms with Crippen molar-refractivity contribution in [3.05, 3.63) is 0 Å². The molecule has 0 saturated heterocycles. The van der Waals surface area contributed by atoms with Crippen LogP contribution in [0.1, 0.15) is 44.9 Å². The van der Waals surface area contributed by atoms with E-state index in [0.717, 1.165) is 12.3 Å². The van der Waals surface area contributed by atoms with Crippen molar-refractivity contribution in [2.45, 2.75) is 44.9 Å². The van der Waals surface area contributed by atoms with Crippen LogP contribution >= 0.6 is 0 Å². The second kappa shape index (κ2) is 9.42. The highest BCUT2D eigenvalue weighted by Crippen LogP contribution is 2.26. The summed E-state index contributed by atoms with van der Waals surface area (Å²) in [7, 11) is 0. The molecular formula is C13H26N2O2. The number of carbonyl (C=O) groups excluding carboxylic acids is 1. The SMILES string of the molecule is NCCOCCNC(=O)CCC1CCCCC1. The Labute approximate surface area is 104 Å². The van der Waals surface area contributed by atoms with Gasteiger partial charge >= 0.3 is 0 Å². The van der Waals surface area contributed by atoms with Gasteiger partial charge in [-0.15, -0.1) is 0 Å². The van der Waals surface area contributed by atoms with Gasteiger partial charge in [0.2, 0.25) is 5.91 Å². The fourth-order valence-electron chi connectivity index (χ4n) is 2.35. The van der Waals surface area contributed by atoms with E-state index in [0.29, 0.717) is 32.7 Å². The fourth-order valence-corrected chi connectivity index (χ4v) is 2.35. The first-order valence-electron chi connectivity index (χ1n) is 6.87. The van der Waals surface area contributed by atoms with Crippen LogP contribution in [0.4, 0.5) is 0 Å². The van der Waals surface area contributed by atoms with Crippen LogP contribution in [0.2, 0.25) is 0 Å². The van der Waals surface area contributed by atoms with Crippen molar-refractivity contribution in [1.29, 1.82) is 0 Å². The van der Waals surface area contributed by atoms with E-state index in [1.54, 1.807) is 0 Å². The number of carbonyl (C=O) groups is 1. The molecule has 1 fully saturated rings. The smallest absolute Gasteiger partial charge is 0.220 e. The molecule has 0 spiro atoms. The van der Waals surface area contributed by atoms with Gasteiger partial charge in [0.05, 0.1) is 13.2 Å². The monoisotopic (exact) mass is 242 g/mol. The molecule has 0 bridgehead atoms. The Balaban J connectivity index is 1.93. The quantitative estimate of drug-likeness (QED) is 0.633. The van der Waals surface area contributed by atoms with Crippen LogP contribution in [0.15, 0.2) is 0 Å². The highest BCUT2D eigenvalue weighted by molar-refractivity contribution is 5.75. The zero-order valence-corrected chi connectivity index (χ0v) is 10.7. The average molecular weight is 242 g/mol. The molecule has 0 aromatic rings. The number of hydrogen-bond acceptors (Lipinski definition) is 3. The first kappa shape index (κ1) is 14.5. The molecule has 1 saturated carbocycles. The molecular weight excluding hydrogens is 216 g/mol. The van der Waals surface area contributed by atoms with Gasteiger partial charge in [-0.1, -0.05) is 32.1 Å². The summed E-state index contributed by atoms with van der Waals surface area (Å²) >= 11 is 0. The molecule has 1 amide bonds. The van der Waals surface area contributed by atoms with Crippen molar-refractivity contribution in [2.24, 2.45) is 11.7 Å². The van der Waals surface area contributed by atoms with Crippen LogP contribution in [-0.2, 0) is 9.53 Å². The van der Waals surface area contributed by atoms with E-state index in [9.17, 15) is 4.79 Å². The van der Waals surface area contributed by atoms with Crippen LogP contribution in [0, 0.1) is 5.92 Å². The number of rotatable bonds is 8. The molecule has 1 rings (SSSR count). The largest absolute Gasteiger partial charge is 0.378 e. The van der Waals surface area contributed by atoms with Gasteiger partial charge in [-0.3, -0.25) is 4.79 Å². The highest BCUT2D eigenvalue weighted by Gasteiger charge is 2.14. The molecule has 4 nitrogen and oxygen atoms in total. The van der Waals surface area contributed by atoms with Crippen LogP contribution in [0.5, 0.6) is 0 Å². The van der Waals surface area contributed by atoms with Crippen molar-refractivity contribution in [3.63, 3.8) is 0 Å². The van der Waals surface area contributed by atoms with Crippen molar-refractivity contribution >= 4 is 5.91 Å². The van der Waals surface area contributed by atoms with Crippen LogP contribution in [0.25, 0.3) is 0 Å². The third kappa shape index (κ3) is 7.34. The summed E-state index contributed by atoms with van der Waals surface area (Å²) in [5.41, 5.74) is 5.29. The van der Waals surface area contributed by atoms with Crippen LogP contribution in [-0.4, -0.2) is 32.2 Å². The van der Waals surface area contributed by atoms with E-state index in [-0.39, 0.29) is 5.91 Å². The first-order chi connectivity index (χ1) is 8.33. The molecule has 0 aliphatic heterocycles. The molecule has 3 N–H and O–H groups in total. The summed E-state index contributed by atoms with van der Waals surface area (Å²) < 4.78 is 5.19. The molecule has 0 atom stereocenters. The highest BCUT2D eigenvalue weighted by atomic mass is 16.5. The number of hydrogen-bond donors (Lipinski definition) is 2. The molecule has 1 aliphatic carbocycles. The Kier molecular flexibility index (Phi) is 8.01. The first-order valence-corrected chi connectivity index (χ1v) is 6.87. The fraction of sp³-hybridized carbons (Fsp3) is 0.923. The number of nitrogens with two attached hydrogens (primary N) is 1. The molecule has 0 heterocycles. The molecule has 0 aromatic heterocycles. The summed E-state index contributed by atoms with van der Waals surface area (Å²) in [6.07, 6.45) is 8.41. The lowest BCUT2D eigenvalue weighted by Crippen LogP contribution is -2.28. The summed E-state index contributed by atoms with van der Waals surface area (Å²) in [4.78, 5) is 11.5. The van der Waals surface area contributed by atoms with Gasteiger partial charge in [0.1, 0.15) is 0 Å². The molecule has 0 radical (unpaired) electrons. The Morgan fingerprint density at radius 3 is 2.71 bits per heavy atom. The number of ether oxygens (including phenoxy) is 1. The lowest BCUT2D eigenvalue weighted by Gasteiger charge is -2.20. The maximum Gasteiger partial charge on any atom is 0.220 e. The summed E-state index contributed by atoms with van der Waals surface area (Å²) in [5, 5.41) is 2.88. The minimum Gasteiger partial charge on any atom is -0.378 e. The molecule has 100 valence electrons. The zero-order valence-electron chi connectivity index (χ0n) is 10.7. The standard InChI is InChI=1S/C13H26N2O2/c14-8-10-17-11-9-15-13(16)7-6-12-4-2-1-3-5-12/h12H,1-11,14H2,(H,15,16). The van der Waals surface area contributed by atoms with E-state index in [1.165, 1.54) is 32.1 Å². The van der Waals surface area contributed by atoms with E-state index in [2.05, 4.69) is 5.32 Å². The topological polar surface area (TPSA) is 64.3 Å². The van der Waals surface area contributed by atoms with E-state index >= 15 is 0 Å². The van der Waals surface area contributed by atoms with Gasteiger partial charge in [0.25, 0.3) is 0 Å². The predicted molar refractivity (Wildman–Crippen MR) is 68.7 cm³/mol. The van der Waals surface area contributed by atoms with Gasteiger partial charge in [0.15, 0.2) is 0 Å². The zero-order chi connectivity index (χ0) is 12.3. The maximum atomic E-state index is 11.5. The molecule has 1 aliphatic rings. The van der Waals surface area contributed by atoms with Crippen molar-refractivity contribution in [2.75, 3.05) is 26.3 Å². The van der Waals surface area contributed by atoms with Crippen molar-refractivity contribution < 1.29 is 9.53 Å². The van der Waals surface area contributed by atoms with Crippen LogP contribution in [0.3, 0.4) is 0 Å². The van der Waals surface area contributed by atoms with E-state index in [1.807, 2.05) is 0 Å². The summed E-state index contributed by atoms with van der Waals surface area (Å²) in [5.74, 6) is 0.940. The van der Waals surface area contributed by atoms with Gasteiger partial charge in [-0.25, -0.2) is 0 Å². The van der Waals surface area contributed by atoms with Crippen molar-refractivity contribution in [3.8, 4) is 0 Å². The second-order valence-electron chi connectivity index (χ2n) is 4.79. The Bertz CT molecular complexity index is 204. The molecule has 0 aromatic carbocycles. The van der Waals surface area contributed by atoms with Crippen LogP contribution < -0.4 is 11.1 Å². The van der Waals surface area contributed by atoms with Gasteiger partial charge in [-0.05, 0) is 12.3 Å². The third-order valence-electron chi connectivity index (χ3n) is 3.34. The van der Waals surface area contributed by atoms with Crippen molar-refractivity contribution in [1.82, 2.24) is 5.32 Å². The third-order valence-corrected chi connectivity index (χ3v) is 3.34. The Hall–Kier alpha value is -0.610. The minimum absolute atomic E-state index is 0.159.